The molecule has 0 spiro atoms. The summed E-state index contributed by atoms with van der Waals surface area (Å²) in [7, 11) is 0. The summed E-state index contributed by atoms with van der Waals surface area (Å²) in [5.41, 5.74) is 0.590. The van der Waals surface area contributed by atoms with Gasteiger partial charge in [-0.1, -0.05) is 22.9 Å². The summed E-state index contributed by atoms with van der Waals surface area (Å²) in [6, 6.07) is 4.19. The van der Waals surface area contributed by atoms with Crippen LogP contribution < -0.4 is 0 Å². The second-order valence-corrected chi connectivity index (χ2v) is 5.62. The van der Waals surface area contributed by atoms with Crippen molar-refractivity contribution in [2.75, 3.05) is 0 Å². The lowest BCUT2D eigenvalue weighted by molar-refractivity contribution is 0.628. The molecule has 0 saturated carbocycles. The highest BCUT2D eigenvalue weighted by atomic mass is 127. The first-order valence-corrected chi connectivity index (χ1v) is 5.88. The molecule has 0 unspecified atom stereocenters. The van der Waals surface area contributed by atoms with E-state index in [0.717, 1.165) is 3.01 Å². The first-order chi connectivity index (χ1) is 6.66. The standard InChI is InChI=1S/C8H3ClFIN2S/c9-6-2-1-4(10)3-5(6)7-12-13-8(11)14-7/h1-3H. The van der Waals surface area contributed by atoms with E-state index in [1.165, 1.54) is 29.5 Å². The molecule has 1 aromatic carbocycles. The summed E-state index contributed by atoms with van der Waals surface area (Å²) in [5, 5.41) is 8.86. The Bertz CT molecular complexity index is 474. The Morgan fingerprint density at radius 1 is 1.36 bits per heavy atom. The van der Waals surface area contributed by atoms with Crippen LogP contribution in [0.3, 0.4) is 0 Å². The molecule has 1 aromatic heterocycles. The zero-order valence-corrected chi connectivity index (χ0v) is 10.4. The molecular weight excluding hydrogens is 338 g/mol. The molecule has 0 fully saturated rings. The van der Waals surface area contributed by atoms with Gasteiger partial charge in [0.2, 0.25) is 0 Å². The normalized spacial score (nSPS) is 10.5. The van der Waals surface area contributed by atoms with Crippen LogP contribution in [-0.2, 0) is 0 Å². The minimum Gasteiger partial charge on any atom is -0.207 e. The number of hydrogen-bond donors (Lipinski definition) is 0. The van der Waals surface area contributed by atoms with Gasteiger partial charge >= 0.3 is 0 Å². The Labute approximate surface area is 102 Å². The largest absolute Gasteiger partial charge is 0.207 e. The fraction of sp³-hybridized carbons (Fsp3) is 0. The van der Waals surface area contributed by atoms with E-state index in [0.29, 0.717) is 15.6 Å². The third-order valence-corrected chi connectivity index (χ3v) is 3.51. The lowest BCUT2D eigenvalue weighted by atomic mass is 10.2. The summed E-state index contributed by atoms with van der Waals surface area (Å²) in [6.45, 7) is 0. The number of benzene rings is 1. The molecule has 6 heteroatoms. The van der Waals surface area contributed by atoms with Gasteiger partial charge in [0.1, 0.15) is 10.8 Å². The third kappa shape index (κ3) is 2.04. The van der Waals surface area contributed by atoms with Crippen molar-refractivity contribution in [3.8, 4) is 10.6 Å². The maximum Gasteiger partial charge on any atom is 0.178 e. The Morgan fingerprint density at radius 3 is 2.79 bits per heavy atom. The van der Waals surface area contributed by atoms with E-state index < -0.39 is 0 Å². The van der Waals surface area contributed by atoms with Crippen LogP contribution >= 0.6 is 45.5 Å². The van der Waals surface area contributed by atoms with Crippen molar-refractivity contribution >= 4 is 45.5 Å². The fourth-order valence-corrected chi connectivity index (χ4v) is 2.57. The maximum atomic E-state index is 12.9. The monoisotopic (exact) mass is 340 g/mol. The van der Waals surface area contributed by atoms with Gasteiger partial charge in [0, 0.05) is 5.56 Å². The van der Waals surface area contributed by atoms with Crippen LogP contribution in [0.25, 0.3) is 10.6 Å². The predicted octanol–water partition coefficient (Wildman–Crippen LogP) is 3.60. The number of rotatable bonds is 1. The van der Waals surface area contributed by atoms with Crippen LogP contribution in [0, 0.1) is 8.83 Å². The summed E-state index contributed by atoms with van der Waals surface area (Å²) in [4.78, 5) is 0. The van der Waals surface area contributed by atoms with Gasteiger partial charge < -0.3 is 0 Å². The van der Waals surface area contributed by atoms with E-state index in [9.17, 15) is 4.39 Å². The zero-order valence-electron chi connectivity index (χ0n) is 6.67. The Hall–Kier alpha value is -0.270. The molecule has 0 N–H and O–H groups in total. The van der Waals surface area contributed by atoms with Crippen molar-refractivity contribution in [2.45, 2.75) is 0 Å². The van der Waals surface area contributed by atoms with Gasteiger partial charge in [0.05, 0.1) is 5.02 Å². The van der Waals surface area contributed by atoms with Crippen LogP contribution in [0.2, 0.25) is 5.02 Å². The Kier molecular flexibility index (Phi) is 2.99. The van der Waals surface area contributed by atoms with Gasteiger partial charge in [-0.05, 0) is 40.8 Å². The molecular formula is C8H3ClFIN2S. The van der Waals surface area contributed by atoms with Gasteiger partial charge in [-0.3, -0.25) is 0 Å². The number of nitrogens with zero attached hydrogens (tertiary/aromatic N) is 2. The smallest absolute Gasteiger partial charge is 0.178 e. The van der Waals surface area contributed by atoms with Crippen LogP contribution in [0.15, 0.2) is 18.2 Å². The van der Waals surface area contributed by atoms with E-state index in [1.54, 1.807) is 0 Å². The first-order valence-electron chi connectivity index (χ1n) is 3.61. The third-order valence-electron chi connectivity index (χ3n) is 1.56. The molecule has 0 aliphatic rings. The van der Waals surface area contributed by atoms with Crippen molar-refractivity contribution in [2.24, 2.45) is 0 Å². The minimum absolute atomic E-state index is 0.324. The van der Waals surface area contributed by atoms with E-state index >= 15 is 0 Å². The van der Waals surface area contributed by atoms with Crippen LogP contribution in [0.4, 0.5) is 4.39 Å². The summed E-state index contributed by atoms with van der Waals surface area (Å²) < 4.78 is 13.7. The van der Waals surface area contributed by atoms with Gasteiger partial charge in [-0.25, -0.2) is 4.39 Å². The molecule has 0 saturated heterocycles. The molecule has 2 rings (SSSR count). The quantitative estimate of drug-likeness (QED) is 0.741. The molecule has 0 bridgehead atoms. The lowest BCUT2D eigenvalue weighted by Gasteiger charge is -1.98. The van der Waals surface area contributed by atoms with Crippen molar-refractivity contribution in [3.05, 3.63) is 32.1 Å². The summed E-state index contributed by atoms with van der Waals surface area (Å²) in [5.74, 6) is -0.324. The zero-order chi connectivity index (χ0) is 10.1. The van der Waals surface area contributed by atoms with E-state index in [1.807, 2.05) is 0 Å². The summed E-state index contributed by atoms with van der Waals surface area (Å²) in [6.07, 6.45) is 0. The lowest BCUT2D eigenvalue weighted by Crippen LogP contribution is -1.81. The molecule has 0 aliphatic heterocycles. The van der Waals surface area contributed by atoms with Gasteiger partial charge in [0.15, 0.2) is 3.01 Å². The number of hydrogen-bond acceptors (Lipinski definition) is 3. The average molecular weight is 341 g/mol. The van der Waals surface area contributed by atoms with Crippen molar-refractivity contribution in [3.63, 3.8) is 0 Å². The van der Waals surface area contributed by atoms with Crippen LogP contribution in [0.5, 0.6) is 0 Å². The number of halogens is 3. The molecule has 1 heterocycles. The molecule has 2 nitrogen and oxygen atoms in total. The van der Waals surface area contributed by atoms with Crippen molar-refractivity contribution in [1.29, 1.82) is 0 Å². The van der Waals surface area contributed by atoms with Gasteiger partial charge in [0.25, 0.3) is 0 Å². The molecule has 2 aromatic rings. The molecule has 14 heavy (non-hydrogen) atoms. The molecule has 0 aliphatic carbocycles. The predicted molar refractivity (Wildman–Crippen MR) is 63.0 cm³/mol. The topological polar surface area (TPSA) is 25.8 Å². The first kappa shape index (κ1) is 10.3. The number of aromatic nitrogens is 2. The van der Waals surface area contributed by atoms with E-state index in [-0.39, 0.29) is 5.82 Å². The summed E-state index contributed by atoms with van der Waals surface area (Å²) >= 11 is 9.34. The maximum absolute atomic E-state index is 12.9. The Morgan fingerprint density at radius 2 is 2.14 bits per heavy atom. The second kappa shape index (κ2) is 4.08. The van der Waals surface area contributed by atoms with E-state index in [4.69, 9.17) is 11.6 Å². The molecule has 0 radical (unpaired) electrons. The van der Waals surface area contributed by atoms with Crippen molar-refractivity contribution < 1.29 is 4.39 Å². The minimum atomic E-state index is -0.324. The molecule has 72 valence electrons. The Balaban J connectivity index is 2.55. The highest BCUT2D eigenvalue weighted by molar-refractivity contribution is 14.1. The molecule has 0 amide bonds. The SMILES string of the molecule is Fc1ccc(Cl)c(-c2nnc(I)s2)c1. The molecule has 0 atom stereocenters. The average Bonchev–Trinajstić information content (AvgIpc) is 2.56. The fourth-order valence-electron chi connectivity index (χ4n) is 0.976. The van der Waals surface area contributed by atoms with Crippen molar-refractivity contribution in [1.82, 2.24) is 10.2 Å². The van der Waals surface area contributed by atoms with Crippen LogP contribution in [-0.4, -0.2) is 10.2 Å². The van der Waals surface area contributed by atoms with Crippen LogP contribution in [0.1, 0.15) is 0 Å². The highest BCUT2D eigenvalue weighted by Crippen LogP contribution is 2.30. The van der Waals surface area contributed by atoms with E-state index in [2.05, 4.69) is 32.8 Å². The second-order valence-electron chi connectivity index (χ2n) is 2.48. The highest BCUT2D eigenvalue weighted by Gasteiger charge is 2.09. The van der Waals surface area contributed by atoms with Gasteiger partial charge in [-0.2, -0.15) is 0 Å². The van der Waals surface area contributed by atoms with Gasteiger partial charge in [-0.15, -0.1) is 10.2 Å².